The van der Waals surface area contributed by atoms with Crippen LogP contribution in [0.15, 0.2) is 60.2 Å². The Morgan fingerprint density at radius 2 is 2.06 bits per heavy atom. The number of alkyl halides is 3. The summed E-state index contributed by atoms with van der Waals surface area (Å²) in [6, 6.07) is 11.1. The number of nitrogens with one attached hydrogen (secondary N) is 2. The second kappa shape index (κ2) is 10.7. The number of hydrogen-bond donors (Lipinski definition) is 2. The molecule has 1 aromatic heterocycles. The Morgan fingerprint density at radius 3 is 2.74 bits per heavy atom. The summed E-state index contributed by atoms with van der Waals surface area (Å²) in [5.41, 5.74) is 2.31. The molecule has 11 heteroatoms. The van der Waals surface area contributed by atoms with Gasteiger partial charge in [-0.05, 0) is 35.9 Å². The van der Waals surface area contributed by atoms with Crippen molar-refractivity contribution in [3.63, 3.8) is 0 Å². The van der Waals surface area contributed by atoms with E-state index >= 15 is 0 Å². The monoisotopic (exact) mass is 505 g/mol. The number of carbonyl (C=O) groups is 1. The molecule has 0 aliphatic carbocycles. The first-order chi connectivity index (χ1) is 16.7. The highest BCUT2D eigenvalue weighted by Gasteiger charge is 2.40. The summed E-state index contributed by atoms with van der Waals surface area (Å²) in [7, 11) is 1.59. The van der Waals surface area contributed by atoms with Gasteiger partial charge < -0.3 is 20.3 Å². The Bertz CT molecular complexity index is 1120. The molecule has 0 spiro atoms. The number of halogens is 3. The van der Waals surface area contributed by atoms with Crippen LogP contribution in [0.4, 0.5) is 24.7 Å². The van der Waals surface area contributed by atoms with Crippen LogP contribution in [0.1, 0.15) is 5.56 Å². The molecule has 0 bridgehead atoms. The molecule has 35 heavy (non-hydrogen) atoms. The minimum absolute atomic E-state index is 0.326. The zero-order valence-electron chi connectivity index (χ0n) is 19.1. The molecule has 1 fully saturated rings. The molecule has 7 nitrogen and oxygen atoms in total. The quantitative estimate of drug-likeness (QED) is 0.538. The molecule has 186 valence electrons. The number of nitrogens with zero attached hydrogens (tertiary/aromatic N) is 3. The number of anilines is 2. The molecule has 2 aliphatic rings. The third kappa shape index (κ3) is 6.56. The van der Waals surface area contributed by atoms with Gasteiger partial charge in [-0.3, -0.25) is 9.69 Å². The maximum absolute atomic E-state index is 13.2. The summed E-state index contributed by atoms with van der Waals surface area (Å²) in [5, 5.41) is 5.87. The van der Waals surface area contributed by atoms with Crippen molar-refractivity contribution >= 4 is 29.2 Å². The smallest absolute Gasteiger partial charge is 0.379 e. The van der Waals surface area contributed by atoms with Crippen molar-refractivity contribution in [1.82, 2.24) is 14.8 Å². The summed E-state index contributed by atoms with van der Waals surface area (Å²) in [6.07, 6.45) is -2.12. The predicted octanol–water partition coefficient (Wildman–Crippen LogP) is 4.48. The molecule has 1 aromatic carbocycles. The highest BCUT2D eigenvalue weighted by molar-refractivity contribution is 8.04. The van der Waals surface area contributed by atoms with Gasteiger partial charge in [0.05, 0.1) is 18.9 Å². The summed E-state index contributed by atoms with van der Waals surface area (Å²) >= 11 is 0.703. The summed E-state index contributed by atoms with van der Waals surface area (Å²) < 4.78 is 45.0. The number of morpholine rings is 1. The van der Waals surface area contributed by atoms with Crippen molar-refractivity contribution < 1.29 is 22.7 Å². The van der Waals surface area contributed by atoms with Gasteiger partial charge in [-0.1, -0.05) is 30.5 Å². The van der Waals surface area contributed by atoms with Crippen LogP contribution in [0.2, 0.25) is 0 Å². The van der Waals surface area contributed by atoms with Crippen LogP contribution >= 0.6 is 11.8 Å². The van der Waals surface area contributed by atoms with Gasteiger partial charge in [0.25, 0.3) is 0 Å². The molecule has 0 radical (unpaired) electrons. The third-order valence-corrected chi connectivity index (χ3v) is 6.75. The van der Waals surface area contributed by atoms with Crippen LogP contribution in [0.25, 0.3) is 11.3 Å². The Morgan fingerprint density at radius 1 is 1.29 bits per heavy atom. The van der Waals surface area contributed by atoms with Gasteiger partial charge in [-0.2, -0.15) is 13.2 Å². The molecule has 1 amide bonds. The van der Waals surface area contributed by atoms with E-state index in [1.54, 1.807) is 25.2 Å². The lowest BCUT2D eigenvalue weighted by Gasteiger charge is -2.27. The number of rotatable bonds is 7. The first-order valence-electron chi connectivity index (χ1n) is 11.0. The zero-order valence-corrected chi connectivity index (χ0v) is 20.0. The Labute approximate surface area is 206 Å². The fraction of sp³-hybridized carbons (Fsp3) is 0.333. The van der Waals surface area contributed by atoms with Gasteiger partial charge in [0.1, 0.15) is 10.7 Å². The van der Waals surface area contributed by atoms with Crippen molar-refractivity contribution in [2.75, 3.05) is 44.0 Å². The fourth-order valence-electron chi connectivity index (χ4n) is 3.75. The molecule has 2 aliphatic heterocycles. The molecule has 1 atom stereocenters. The Balaban J connectivity index is 1.62. The molecule has 0 saturated carbocycles. The van der Waals surface area contributed by atoms with Crippen LogP contribution < -0.4 is 10.6 Å². The number of ether oxygens (including phenoxy) is 1. The lowest BCUT2D eigenvalue weighted by Crippen LogP contribution is -2.35. The summed E-state index contributed by atoms with van der Waals surface area (Å²) in [5.74, 6) is 0.139. The molecule has 1 unspecified atom stereocenters. The van der Waals surface area contributed by atoms with Gasteiger partial charge in [0, 0.05) is 44.1 Å². The van der Waals surface area contributed by atoms with Crippen LogP contribution in [0.5, 0.6) is 0 Å². The highest BCUT2D eigenvalue weighted by atomic mass is 32.2. The molecule has 2 aromatic rings. The lowest BCUT2D eigenvalue weighted by atomic mass is 10.1. The topological polar surface area (TPSA) is 69.7 Å². The maximum Gasteiger partial charge on any atom is 0.423 e. The van der Waals surface area contributed by atoms with E-state index in [4.69, 9.17) is 9.72 Å². The second-order valence-corrected chi connectivity index (χ2v) is 9.30. The summed E-state index contributed by atoms with van der Waals surface area (Å²) in [6.45, 7) is 7.02. The summed E-state index contributed by atoms with van der Waals surface area (Å²) in [4.78, 5) is 19.5. The fourth-order valence-corrected chi connectivity index (χ4v) is 4.76. The maximum atomic E-state index is 13.2. The first-order valence-corrected chi connectivity index (χ1v) is 11.9. The van der Waals surface area contributed by atoms with Gasteiger partial charge in [-0.25, -0.2) is 4.98 Å². The van der Waals surface area contributed by atoms with E-state index in [9.17, 15) is 18.0 Å². The normalized spacial score (nSPS) is 18.8. The van der Waals surface area contributed by atoms with Crippen molar-refractivity contribution in [1.29, 1.82) is 0 Å². The van der Waals surface area contributed by atoms with E-state index in [2.05, 4.69) is 22.1 Å². The minimum Gasteiger partial charge on any atom is -0.379 e. The largest absolute Gasteiger partial charge is 0.423 e. The third-order valence-electron chi connectivity index (χ3n) is 5.49. The number of hydrogen-bond acceptors (Lipinski definition) is 7. The number of benzene rings is 1. The van der Waals surface area contributed by atoms with E-state index in [1.807, 2.05) is 18.2 Å². The average Bonchev–Trinajstić information content (AvgIpc) is 3.20. The van der Waals surface area contributed by atoms with Gasteiger partial charge >= 0.3 is 6.18 Å². The van der Waals surface area contributed by atoms with Gasteiger partial charge in [-0.15, -0.1) is 0 Å². The van der Waals surface area contributed by atoms with E-state index < -0.39 is 16.6 Å². The van der Waals surface area contributed by atoms with Crippen molar-refractivity contribution in [2.24, 2.45) is 0 Å². The number of amides is 1. The number of carbonyl (C=O) groups excluding carboxylic acids is 1. The lowest BCUT2D eigenvalue weighted by molar-refractivity contribution is -0.111. The average molecular weight is 506 g/mol. The van der Waals surface area contributed by atoms with Crippen LogP contribution in [0, 0.1) is 0 Å². The highest BCUT2D eigenvalue weighted by Crippen LogP contribution is 2.42. The van der Waals surface area contributed by atoms with Crippen molar-refractivity contribution in [2.45, 2.75) is 18.2 Å². The molecule has 1 saturated heterocycles. The number of aromatic nitrogens is 1. The Hall–Kier alpha value is -3.02. The minimum atomic E-state index is -4.40. The van der Waals surface area contributed by atoms with Gasteiger partial charge in [0.15, 0.2) is 5.50 Å². The van der Waals surface area contributed by atoms with Crippen molar-refractivity contribution in [3.05, 3.63) is 65.7 Å². The van der Waals surface area contributed by atoms with E-state index in [1.165, 1.54) is 11.0 Å². The molecule has 3 heterocycles. The van der Waals surface area contributed by atoms with E-state index in [0.29, 0.717) is 48.7 Å². The second-order valence-electron chi connectivity index (χ2n) is 8.18. The van der Waals surface area contributed by atoms with Crippen LogP contribution in [-0.4, -0.2) is 65.7 Å². The molecule has 4 rings (SSSR count). The molecular weight excluding hydrogens is 479 g/mol. The van der Waals surface area contributed by atoms with Crippen LogP contribution in [0.3, 0.4) is 0 Å². The van der Waals surface area contributed by atoms with E-state index in [0.717, 1.165) is 30.4 Å². The Kier molecular flexibility index (Phi) is 7.68. The van der Waals surface area contributed by atoms with Gasteiger partial charge in [0.2, 0.25) is 5.91 Å². The SMILES string of the molecule is C=CC(=O)Nc1cccc(-c2cc(CN3CCOCC3)cc(NC3SC(C(F)(F)F)=CN3C)n2)c1. The van der Waals surface area contributed by atoms with Crippen molar-refractivity contribution in [3.8, 4) is 11.3 Å². The zero-order chi connectivity index (χ0) is 25.0. The van der Waals surface area contributed by atoms with E-state index in [-0.39, 0.29) is 5.91 Å². The number of allylic oxidation sites excluding steroid dienone is 1. The molecular formula is C24H26F3N5O2S. The first kappa shape index (κ1) is 25.1. The standard InChI is InChI=1S/C24H26F3N5O2S/c1-3-22(33)28-18-6-4-5-17(13-18)19-11-16(14-32-7-9-34-10-8-32)12-21(29-19)30-23-31(2)15-20(35-23)24(25,26)27/h3-6,11-13,15,23H,1,7-10,14H2,2H3,(H,28,33)(H,29,30). The number of pyridine rings is 1. The number of thioether (sulfide) groups is 1. The van der Waals surface area contributed by atoms with Crippen LogP contribution in [-0.2, 0) is 16.1 Å². The molecule has 2 N–H and O–H groups in total. The predicted molar refractivity (Wildman–Crippen MR) is 131 cm³/mol.